The Morgan fingerprint density at radius 3 is 2.26 bits per heavy atom. The number of hydrogen-bond acceptors (Lipinski definition) is 7. The van der Waals surface area contributed by atoms with Crippen LogP contribution in [0.3, 0.4) is 0 Å². The molecule has 0 aliphatic heterocycles. The van der Waals surface area contributed by atoms with Crippen molar-refractivity contribution in [1.29, 1.82) is 0 Å². The van der Waals surface area contributed by atoms with Crippen molar-refractivity contribution in [3.8, 4) is 0 Å². The Kier molecular flexibility index (Phi) is 12.9. The van der Waals surface area contributed by atoms with E-state index in [9.17, 15) is 14.4 Å². The van der Waals surface area contributed by atoms with Gasteiger partial charge in [-0.1, -0.05) is 60.7 Å². The van der Waals surface area contributed by atoms with Crippen LogP contribution in [0, 0.1) is 0 Å². The SMILES string of the molecule is CCNC(=O)NN(C)CC(=O)N[C@@H](Cc1csc2ccccc12)C(=O)N(Cc1cccc2ccccc12)[C@@H](C)C(OCC)OCC. The molecule has 3 aromatic carbocycles. The van der Waals surface area contributed by atoms with Crippen LogP contribution in [0.4, 0.5) is 4.79 Å². The number of rotatable bonds is 16. The van der Waals surface area contributed by atoms with E-state index in [-0.39, 0.29) is 25.4 Å². The Morgan fingerprint density at radius 1 is 0.870 bits per heavy atom. The van der Waals surface area contributed by atoms with Crippen molar-refractivity contribution in [3.63, 3.8) is 0 Å². The molecule has 0 aliphatic carbocycles. The Balaban J connectivity index is 1.70. The number of benzene rings is 3. The van der Waals surface area contributed by atoms with Crippen LogP contribution in [0.2, 0.25) is 0 Å². The lowest BCUT2D eigenvalue weighted by Gasteiger charge is -2.37. The van der Waals surface area contributed by atoms with Gasteiger partial charge in [0.2, 0.25) is 11.8 Å². The fourth-order valence-electron chi connectivity index (χ4n) is 5.52. The molecule has 246 valence electrons. The predicted octanol–water partition coefficient (Wildman–Crippen LogP) is 5.06. The Labute approximate surface area is 275 Å². The van der Waals surface area contributed by atoms with Crippen LogP contribution in [0.5, 0.6) is 0 Å². The summed E-state index contributed by atoms with van der Waals surface area (Å²) in [5.41, 5.74) is 4.56. The molecule has 4 amide bonds. The van der Waals surface area contributed by atoms with Crippen molar-refractivity contribution in [2.24, 2.45) is 0 Å². The molecule has 4 aromatic rings. The first kappa shape index (κ1) is 34.8. The quantitative estimate of drug-likeness (QED) is 0.116. The van der Waals surface area contributed by atoms with Gasteiger partial charge in [0.15, 0.2) is 6.29 Å². The highest BCUT2D eigenvalue weighted by atomic mass is 32.1. The van der Waals surface area contributed by atoms with E-state index in [1.165, 1.54) is 5.01 Å². The molecule has 0 radical (unpaired) electrons. The van der Waals surface area contributed by atoms with Crippen molar-refractivity contribution >= 4 is 50.0 Å². The van der Waals surface area contributed by atoms with Crippen LogP contribution in [-0.4, -0.2) is 79.5 Å². The maximum atomic E-state index is 14.8. The standard InChI is InChI=1S/C35H45N5O5S/c1-6-36-35(43)38-39(5)22-32(41)37-30(20-27-23-46-31-19-12-11-18-29(27)31)33(42)40(24(4)34(44-7-2)45-8-3)21-26-16-13-15-25-14-9-10-17-28(25)26/h9-19,23-24,30,34H,6-8,20-22H2,1-5H3,(H,37,41)(H2,36,38,43)/t24-,30-/m0/s1. The summed E-state index contributed by atoms with van der Waals surface area (Å²) in [6, 6.07) is 20.4. The third-order valence-corrected chi connectivity index (χ3v) is 8.69. The molecule has 0 saturated carbocycles. The van der Waals surface area contributed by atoms with Crippen molar-refractivity contribution in [1.82, 2.24) is 26.0 Å². The number of carbonyl (C=O) groups is 3. The number of hydrazine groups is 1. The van der Waals surface area contributed by atoms with Gasteiger partial charge in [0.05, 0.1) is 12.6 Å². The highest BCUT2D eigenvalue weighted by Gasteiger charge is 2.34. The monoisotopic (exact) mass is 647 g/mol. The average molecular weight is 648 g/mol. The van der Waals surface area contributed by atoms with Gasteiger partial charge in [-0.05, 0) is 66.4 Å². The summed E-state index contributed by atoms with van der Waals surface area (Å²) in [6.45, 7) is 8.93. The Hall–Kier alpha value is -4.03. The lowest BCUT2D eigenvalue weighted by atomic mass is 10.0. The maximum absolute atomic E-state index is 14.8. The molecule has 1 heterocycles. The molecule has 0 bridgehead atoms. The molecular weight excluding hydrogens is 602 g/mol. The van der Waals surface area contributed by atoms with Gasteiger partial charge < -0.3 is 25.0 Å². The lowest BCUT2D eigenvalue weighted by molar-refractivity contribution is -0.179. The Morgan fingerprint density at radius 2 is 1.54 bits per heavy atom. The minimum absolute atomic E-state index is 0.148. The summed E-state index contributed by atoms with van der Waals surface area (Å²) in [5, 5.41) is 12.2. The molecule has 11 heteroatoms. The minimum atomic E-state index is -0.898. The minimum Gasteiger partial charge on any atom is -0.351 e. The fourth-order valence-corrected chi connectivity index (χ4v) is 6.49. The normalized spacial score (nSPS) is 12.8. The van der Waals surface area contributed by atoms with E-state index in [4.69, 9.17) is 9.47 Å². The molecule has 2 atom stereocenters. The smallest absolute Gasteiger partial charge is 0.329 e. The zero-order valence-electron chi connectivity index (χ0n) is 27.2. The summed E-state index contributed by atoms with van der Waals surface area (Å²) < 4.78 is 13.1. The molecule has 4 rings (SSSR count). The molecule has 0 unspecified atom stereocenters. The molecule has 0 aliphatic rings. The summed E-state index contributed by atoms with van der Waals surface area (Å²) in [5.74, 6) is -0.658. The van der Waals surface area contributed by atoms with Crippen molar-refractivity contribution in [2.45, 2.75) is 59.0 Å². The molecule has 10 nitrogen and oxygen atoms in total. The summed E-state index contributed by atoms with van der Waals surface area (Å²) in [4.78, 5) is 42.0. The van der Waals surface area contributed by atoms with Crippen LogP contribution in [0.1, 0.15) is 38.8 Å². The largest absolute Gasteiger partial charge is 0.351 e. The maximum Gasteiger partial charge on any atom is 0.329 e. The van der Waals surface area contributed by atoms with Gasteiger partial charge in [0.25, 0.3) is 0 Å². The van der Waals surface area contributed by atoms with E-state index < -0.39 is 30.3 Å². The number of thiophene rings is 1. The molecule has 0 spiro atoms. The number of likely N-dealkylation sites (N-methyl/N-ethyl adjacent to an activating group) is 1. The molecule has 0 saturated heterocycles. The van der Waals surface area contributed by atoms with Gasteiger partial charge in [0, 0.05) is 44.5 Å². The van der Waals surface area contributed by atoms with Gasteiger partial charge in [-0.3, -0.25) is 15.0 Å². The molecule has 0 fully saturated rings. The second-order valence-electron chi connectivity index (χ2n) is 11.0. The number of nitrogens with one attached hydrogen (secondary N) is 3. The van der Waals surface area contributed by atoms with Crippen molar-refractivity contribution in [3.05, 3.63) is 83.2 Å². The van der Waals surface area contributed by atoms with Crippen LogP contribution in [0.15, 0.2) is 72.1 Å². The topological polar surface area (TPSA) is 112 Å². The first-order chi connectivity index (χ1) is 22.2. The number of fused-ring (bicyclic) bond motifs is 2. The number of hydrogen-bond donors (Lipinski definition) is 3. The zero-order valence-corrected chi connectivity index (χ0v) is 28.1. The molecule has 46 heavy (non-hydrogen) atoms. The third-order valence-electron chi connectivity index (χ3n) is 7.68. The Bertz CT molecular complexity index is 1600. The van der Waals surface area contributed by atoms with E-state index in [2.05, 4.69) is 22.1 Å². The van der Waals surface area contributed by atoms with Crippen LogP contribution < -0.4 is 16.1 Å². The second kappa shape index (κ2) is 17.0. The summed E-state index contributed by atoms with van der Waals surface area (Å²) in [6.07, 6.45) is -0.381. The number of carbonyl (C=O) groups excluding carboxylic acids is 3. The van der Waals surface area contributed by atoms with Crippen molar-refractivity contribution < 1.29 is 23.9 Å². The number of nitrogens with zero attached hydrogens (tertiary/aromatic N) is 2. The second-order valence-corrected chi connectivity index (χ2v) is 11.9. The number of urea groups is 1. The molecule has 3 N–H and O–H groups in total. The van der Waals surface area contributed by atoms with E-state index in [1.807, 2.05) is 93.7 Å². The number of amides is 4. The highest BCUT2D eigenvalue weighted by Crippen LogP contribution is 2.28. The molecular formula is C35H45N5O5S. The van der Waals surface area contributed by atoms with Crippen LogP contribution >= 0.6 is 11.3 Å². The highest BCUT2D eigenvalue weighted by molar-refractivity contribution is 7.17. The number of ether oxygens (including phenoxy) is 2. The van der Waals surface area contributed by atoms with E-state index in [1.54, 1.807) is 23.3 Å². The van der Waals surface area contributed by atoms with E-state index >= 15 is 0 Å². The van der Waals surface area contributed by atoms with Gasteiger partial charge in [-0.25, -0.2) is 9.80 Å². The third kappa shape index (κ3) is 9.03. The van der Waals surface area contributed by atoms with Gasteiger partial charge in [-0.15, -0.1) is 11.3 Å². The summed E-state index contributed by atoms with van der Waals surface area (Å²) >= 11 is 1.61. The predicted molar refractivity (Wildman–Crippen MR) is 183 cm³/mol. The van der Waals surface area contributed by atoms with E-state index in [0.717, 1.165) is 32.0 Å². The van der Waals surface area contributed by atoms with Crippen LogP contribution in [-0.2, 0) is 32.0 Å². The van der Waals surface area contributed by atoms with Gasteiger partial charge in [-0.2, -0.15) is 0 Å². The van der Waals surface area contributed by atoms with E-state index in [0.29, 0.717) is 19.8 Å². The first-order valence-corrected chi connectivity index (χ1v) is 16.6. The first-order valence-electron chi connectivity index (χ1n) is 15.8. The van der Waals surface area contributed by atoms with Crippen molar-refractivity contribution in [2.75, 3.05) is 33.4 Å². The van der Waals surface area contributed by atoms with Gasteiger partial charge in [0.1, 0.15) is 6.04 Å². The molecule has 1 aromatic heterocycles. The fraction of sp³-hybridized carbons (Fsp3) is 0.400. The zero-order chi connectivity index (χ0) is 33.1. The summed E-state index contributed by atoms with van der Waals surface area (Å²) in [7, 11) is 1.60. The average Bonchev–Trinajstić information content (AvgIpc) is 3.45. The van der Waals surface area contributed by atoms with Gasteiger partial charge >= 0.3 is 6.03 Å². The van der Waals surface area contributed by atoms with Crippen LogP contribution in [0.25, 0.3) is 20.9 Å². The lowest BCUT2D eigenvalue weighted by Crippen LogP contribution is -2.56.